The molecule has 4 aliphatic rings. The number of hydrogen-bond donors (Lipinski definition) is 3. The summed E-state index contributed by atoms with van der Waals surface area (Å²) in [6.45, 7) is 11.0. The Bertz CT molecular complexity index is 1150. The number of ketones is 1. The van der Waals surface area contributed by atoms with Crippen LogP contribution in [0.5, 0.6) is 0 Å². The van der Waals surface area contributed by atoms with Crippen molar-refractivity contribution in [3.63, 3.8) is 0 Å². The lowest BCUT2D eigenvalue weighted by Crippen LogP contribution is -2.66. The lowest BCUT2D eigenvalue weighted by molar-refractivity contribution is -0.204. The number of esters is 2. The van der Waals surface area contributed by atoms with Crippen molar-refractivity contribution < 1.29 is 39.2 Å². The number of Topliss-reactive ketones (excluding diaryl/α,β-unsaturated/α-hetero) is 1. The van der Waals surface area contributed by atoms with Crippen LogP contribution in [0.2, 0.25) is 0 Å². The fraction of sp³-hybridized carbons (Fsp3) is 0.806. The Morgan fingerprint density at radius 1 is 0.955 bits per heavy atom. The van der Waals surface area contributed by atoms with Gasteiger partial charge in [0, 0.05) is 30.1 Å². The first-order valence-corrected chi connectivity index (χ1v) is 17.2. The fourth-order valence-electron chi connectivity index (χ4n) is 9.12. The van der Waals surface area contributed by atoms with Gasteiger partial charge in [-0.2, -0.15) is 0 Å². The van der Waals surface area contributed by atoms with E-state index in [0.29, 0.717) is 24.8 Å². The molecule has 4 rings (SSSR count). The summed E-state index contributed by atoms with van der Waals surface area (Å²) in [5.74, 6) is -2.87. The average Bonchev–Trinajstić information content (AvgIpc) is 3.37. The number of fused-ring (bicyclic) bond motifs is 3. The summed E-state index contributed by atoms with van der Waals surface area (Å²) in [6.07, 6.45) is 12.0. The minimum absolute atomic E-state index is 0.110. The molecule has 0 aromatic heterocycles. The van der Waals surface area contributed by atoms with E-state index < -0.39 is 58.7 Å². The van der Waals surface area contributed by atoms with Gasteiger partial charge >= 0.3 is 11.9 Å². The monoisotopic (exact) mass is 616 g/mol. The van der Waals surface area contributed by atoms with E-state index in [1.807, 2.05) is 27.7 Å². The van der Waals surface area contributed by atoms with Crippen molar-refractivity contribution in [1.29, 1.82) is 0 Å². The number of rotatable bonds is 15. The lowest BCUT2D eigenvalue weighted by atomic mass is 9.59. The second kappa shape index (κ2) is 13.4. The summed E-state index contributed by atoms with van der Waals surface area (Å²) in [5, 5.41) is 34.6. The van der Waals surface area contributed by atoms with Gasteiger partial charge in [0.25, 0.3) is 0 Å². The molecule has 0 heterocycles. The van der Waals surface area contributed by atoms with Gasteiger partial charge in [-0.05, 0) is 43.3 Å². The first-order valence-electron chi connectivity index (χ1n) is 17.2. The normalized spacial score (nSPS) is 36.8. The number of carbonyl (C=O) groups is 3. The highest BCUT2D eigenvalue weighted by atomic mass is 16.6. The maximum Gasteiger partial charge on any atom is 0.306 e. The zero-order chi connectivity index (χ0) is 32.5. The molecule has 3 N–H and O–H groups in total. The number of aliphatic hydroxyl groups excluding tert-OH is 2. The third kappa shape index (κ3) is 5.51. The van der Waals surface area contributed by atoms with E-state index in [1.165, 1.54) is 38.5 Å². The molecule has 248 valence electrons. The Morgan fingerprint density at radius 3 is 2.16 bits per heavy atom. The largest absolute Gasteiger partial charge is 0.458 e. The molecular weight excluding hydrogens is 560 g/mol. The van der Waals surface area contributed by atoms with Crippen molar-refractivity contribution in [2.24, 2.45) is 28.6 Å². The molecule has 0 aromatic carbocycles. The minimum Gasteiger partial charge on any atom is -0.458 e. The van der Waals surface area contributed by atoms with Crippen molar-refractivity contribution in [2.75, 3.05) is 6.61 Å². The van der Waals surface area contributed by atoms with Gasteiger partial charge in [0.1, 0.15) is 11.7 Å². The van der Waals surface area contributed by atoms with Gasteiger partial charge in [-0.3, -0.25) is 14.4 Å². The molecule has 2 bridgehead atoms. The molecule has 0 amide bonds. The van der Waals surface area contributed by atoms with Gasteiger partial charge in [-0.1, -0.05) is 98.1 Å². The van der Waals surface area contributed by atoms with E-state index in [4.69, 9.17) is 9.47 Å². The highest BCUT2D eigenvalue weighted by Crippen LogP contribution is 2.75. The maximum atomic E-state index is 14.8. The molecule has 2 unspecified atom stereocenters. The number of hydrogen-bond acceptors (Lipinski definition) is 8. The average molecular weight is 617 g/mol. The van der Waals surface area contributed by atoms with Gasteiger partial charge in [0.2, 0.25) is 0 Å². The van der Waals surface area contributed by atoms with Gasteiger partial charge in [-0.25, -0.2) is 0 Å². The van der Waals surface area contributed by atoms with Crippen molar-refractivity contribution in [3.05, 3.63) is 23.3 Å². The molecule has 0 radical (unpaired) electrons. The van der Waals surface area contributed by atoms with Crippen LogP contribution in [0.15, 0.2) is 23.3 Å². The van der Waals surface area contributed by atoms with Crippen LogP contribution in [0.25, 0.3) is 0 Å². The van der Waals surface area contributed by atoms with E-state index in [1.54, 1.807) is 19.1 Å². The Kier molecular flexibility index (Phi) is 10.6. The predicted octanol–water partition coefficient (Wildman–Crippen LogP) is 5.75. The Hall–Kier alpha value is -2.03. The second-order valence-corrected chi connectivity index (χ2v) is 14.6. The number of aliphatic hydroxyl groups is 3. The summed E-state index contributed by atoms with van der Waals surface area (Å²) in [6, 6.07) is 0. The highest BCUT2D eigenvalue weighted by molar-refractivity contribution is 5.96. The first kappa shape index (κ1) is 34.8. The number of carbonyl (C=O) groups excluding carboxylic acids is 3. The van der Waals surface area contributed by atoms with Gasteiger partial charge in [0.05, 0.1) is 12.0 Å². The quantitative estimate of drug-likeness (QED) is 0.120. The second-order valence-electron chi connectivity index (χ2n) is 14.6. The zero-order valence-corrected chi connectivity index (χ0v) is 27.8. The summed E-state index contributed by atoms with van der Waals surface area (Å²) in [5.41, 5.74) is -4.70. The predicted molar refractivity (Wildman–Crippen MR) is 167 cm³/mol. The van der Waals surface area contributed by atoms with E-state index >= 15 is 0 Å². The fourth-order valence-corrected chi connectivity index (χ4v) is 9.12. The molecule has 1 spiro atoms. The SMILES string of the molecule is CCCCCCCCCCCC(=O)O[C@@]12CC(C)C34C=C(C)[C@H](OC(=O)CCC)[C@@]3(O)[C@H](O)C(CO)=C[C@H](C4=O)[C@@H]1C2(C)C. The van der Waals surface area contributed by atoms with Crippen LogP contribution in [0, 0.1) is 28.6 Å². The van der Waals surface area contributed by atoms with Crippen LogP contribution in [0.1, 0.15) is 125 Å². The van der Waals surface area contributed by atoms with E-state index in [9.17, 15) is 29.7 Å². The van der Waals surface area contributed by atoms with E-state index in [2.05, 4.69) is 6.92 Å². The summed E-state index contributed by atoms with van der Waals surface area (Å²) in [7, 11) is 0. The van der Waals surface area contributed by atoms with Crippen molar-refractivity contribution in [3.8, 4) is 0 Å². The lowest BCUT2D eigenvalue weighted by Gasteiger charge is -2.49. The third-order valence-corrected chi connectivity index (χ3v) is 11.5. The number of ether oxygens (including phenoxy) is 2. The third-order valence-electron chi connectivity index (χ3n) is 11.5. The standard InChI is InChI=1S/C36H56O8/c1-7-9-10-11-12-13-14-15-16-18-28(39)44-35-21-24(4)34-20-23(3)32(43-27(38)17-8-2)36(34,42)30(40)25(22-37)19-26(31(34)41)29(35)33(35,5)6/h19-20,24,26,29-30,32,37,40,42H,7-18,21-22H2,1-6H3/t24?,26-,29+,30+,32-,34?,35-,36-/m0/s1. The topological polar surface area (TPSA) is 130 Å². The van der Waals surface area contributed by atoms with Gasteiger partial charge < -0.3 is 24.8 Å². The summed E-state index contributed by atoms with van der Waals surface area (Å²) < 4.78 is 12.2. The van der Waals surface area contributed by atoms with Crippen LogP contribution in [-0.4, -0.2) is 63.1 Å². The smallest absolute Gasteiger partial charge is 0.306 e. The van der Waals surface area contributed by atoms with Gasteiger partial charge in [0.15, 0.2) is 17.5 Å². The molecule has 4 aliphatic carbocycles. The van der Waals surface area contributed by atoms with Crippen molar-refractivity contribution >= 4 is 17.7 Å². The molecule has 8 nitrogen and oxygen atoms in total. The molecule has 0 aliphatic heterocycles. The van der Waals surface area contributed by atoms with E-state index in [0.717, 1.165) is 19.3 Å². The number of unbranched alkanes of at least 4 members (excludes halogenated alkanes) is 8. The molecule has 44 heavy (non-hydrogen) atoms. The molecule has 8 heteroatoms. The van der Waals surface area contributed by atoms with E-state index in [-0.39, 0.29) is 29.7 Å². The zero-order valence-electron chi connectivity index (χ0n) is 27.8. The minimum atomic E-state index is -2.22. The molecular formula is C36H56O8. The summed E-state index contributed by atoms with van der Waals surface area (Å²) in [4.78, 5) is 40.8. The van der Waals surface area contributed by atoms with Crippen molar-refractivity contribution in [1.82, 2.24) is 0 Å². The van der Waals surface area contributed by atoms with Crippen LogP contribution >= 0.6 is 0 Å². The van der Waals surface area contributed by atoms with Crippen LogP contribution in [0.4, 0.5) is 0 Å². The Morgan fingerprint density at radius 2 is 1.57 bits per heavy atom. The first-order chi connectivity index (χ1) is 20.8. The molecule has 8 atom stereocenters. The van der Waals surface area contributed by atoms with Crippen molar-refractivity contribution in [2.45, 2.75) is 148 Å². The van der Waals surface area contributed by atoms with Crippen LogP contribution in [0.3, 0.4) is 0 Å². The molecule has 0 aromatic rings. The Labute approximate surface area is 263 Å². The Balaban J connectivity index is 1.58. The summed E-state index contributed by atoms with van der Waals surface area (Å²) >= 11 is 0. The maximum absolute atomic E-state index is 14.8. The van der Waals surface area contributed by atoms with Crippen LogP contribution in [-0.2, 0) is 23.9 Å². The highest BCUT2D eigenvalue weighted by Gasteiger charge is 2.83. The molecule has 0 saturated heterocycles. The molecule has 2 fully saturated rings. The van der Waals surface area contributed by atoms with Crippen LogP contribution < -0.4 is 0 Å². The molecule has 2 saturated carbocycles. The van der Waals surface area contributed by atoms with Gasteiger partial charge in [-0.15, -0.1) is 0 Å². The number of allylic oxidation sites excluding steroid dienone is 1.